The molecule has 3 amide bonds. The molecular weight excluding hydrogens is 850 g/mol. The first-order valence-electron chi connectivity index (χ1n) is 20.3. The number of fused-ring (bicyclic) bond motifs is 4. The standard InChI is InChI=1S/C45H37F7N8O4/c1-43(2,3)64-42(63)59-12-4-5-34(59)40-53-20-28(56-40)9-8-27-10-11-29(23-6-7-24-19-54-41(62)30(24)16-23)37(55-27)33(15-22-13-25(46)17-26(47)14-22)57-35(61)21-60-39-36(38(58-60)45(50,51)52)31-18-32(31)44(39,48)49/h6-7,10-11,13-14,16-17,20,31-32,34H,4-5,12,15,18-19,21H2,1-3H3,(H,53,56)(H,54,62)/t31-,32+,34?/m0/s1. The number of amides is 3. The fourth-order valence-corrected chi connectivity index (χ4v) is 8.64. The predicted molar refractivity (Wildman–Crippen MR) is 214 cm³/mol. The minimum atomic E-state index is -5.08. The molecule has 330 valence electrons. The molecular formula is C45H37F7N8O4. The molecule has 0 bridgehead atoms. The van der Waals surface area contributed by atoms with Crippen molar-refractivity contribution >= 4 is 23.6 Å². The number of alkyl halides is 5. The van der Waals surface area contributed by atoms with Gasteiger partial charge < -0.3 is 15.0 Å². The van der Waals surface area contributed by atoms with Gasteiger partial charge in [0.1, 0.15) is 46.7 Å². The molecule has 2 fully saturated rings. The van der Waals surface area contributed by atoms with E-state index in [1.807, 2.05) is 0 Å². The summed E-state index contributed by atoms with van der Waals surface area (Å²) >= 11 is 0. The summed E-state index contributed by atoms with van der Waals surface area (Å²) < 4.78 is 108. The second-order valence-corrected chi connectivity index (χ2v) is 17.2. The third-order valence-corrected chi connectivity index (χ3v) is 11.4. The Labute approximate surface area is 360 Å². The van der Waals surface area contributed by atoms with Crippen LogP contribution < -0.4 is 5.32 Å². The number of aromatic nitrogens is 5. The van der Waals surface area contributed by atoms with Crippen molar-refractivity contribution < 1.29 is 49.9 Å². The van der Waals surface area contributed by atoms with Crippen molar-refractivity contribution in [2.75, 3.05) is 6.54 Å². The lowest BCUT2D eigenvalue weighted by Gasteiger charge is -2.27. The number of nitrogens with one attached hydrogen (secondary N) is 2. The van der Waals surface area contributed by atoms with E-state index in [1.54, 1.807) is 49.9 Å². The van der Waals surface area contributed by atoms with E-state index in [0.29, 0.717) is 51.9 Å². The van der Waals surface area contributed by atoms with Crippen LogP contribution in [0.2, 0.25) is 0 Å². The van der Waals surface area contributed by atoms with Gasteiger partial charge in [-0.2, -0.15) is 27.1 Å². The van der Waals surface area contributed by atoms with Crippen LogP contribution in [-0.4, -0.2) is 65.4 Å². The first kappa shape index (κ1) is 42.5. The number of aromatic amines is 1. The predicted octanol–water partition coefficient (Wildman–Crippen LogP) is 8.15. The Hall–Kier alpha value is -6.84. The van der Waals surface area contributed by atoms with Gasteiger partial charge in [-0.15, -0.1) is 0 Å². The largest absolute Gasteiger partial charge is 0.444 e. The number of likely N-dealkylation sites (tertiary alicyclic amines) is 1. The highest BCUT2D eigenvalue weighted by molar-refractivity contribution is 6.10. The quantitative estimate of drug-likeness (QED) is 0.0953. The van der Waals surface area contributed by atoms with Gasteiger partial charge in [0.25, 0.3) is 17.7 Å². The fourth-order valence-electron chi connectivity index (χ4n) is 8.64. The number of hydrogen-bond donors (Lipinski definition) is 2. The van der Waals surface area contributed by atoms with E-state index in [-0.39, 0.29) is 47.1 Å². The molecule has 2 N–H and O–H groups in total. The van der Waals surface area contributed by atoms with Gasteiger partial charge in [-0.05, 0) is 105 Å². The van der Waals surface area contributed by atoms with Gasteiger partial charge in [-0.1, -0.05) is 12.1 Å². The molecule has 19 heteroatoms. The van der Waals surface area contributed by atoms with Crippen LogP contribution in [0.3, 0.4) is 0 Å². The van der Waals surface area contributed by atoms with Gasteiger partial charge >= 0.3 is 12.3 Å². The minimum absolute atomic E-state index is 0.0232. The molecule has 12 nitrogen and oxygen atoms in total. The molecule has 0 spiro atoms. The van der Waals surface area contributed by atoms with Gasteiger partial charge in [-0.25, -0.2) is 28.5 Å². The monoisotopic (exact) mass is 886 g/mol. The number of imidazole rings is 1. The molecule has 64 heavy (non-hydrogen) atoms. The Morgan fingerprint density at radius 3 is 2.52 bits per heavy atom. The first-order valence-corrected chi connectivity index (χ1v) is 20.3. The summed E-state index contributed by atoms with van der Waals surface area (Å²) in [5.41, 5.74) is -2.01. The van der Waals surface area contributed by atoms with E-state index in [4.69, 9.17) is 9.72 Å². The van der Waals surface area contributed by atoms with E-state index in [0.717, 1.165) is 18.6 Å². The van der Waals surface area contributed by atoms with E-state index >= 15 is 8.78 Å². The molecule has 1 saturated carbocycles. The van der Waals surface area contributed by atoms with Crippen LogP contribution in [0.1, 0.15) is 113 Å². The van der Waals surface area contributed by atoms with Crippen molar-refractivity contribution in [2.45, 2.75) is 89.2 Å². The maximum Gasteiger partial charge on any atom is 0.435 e. The SMILES string of the molecule is CC(C)(C)OC(=O)N1CCCC1c1ncc(C#Cc2ccc(-c3ccc4c(c3)C(=O)NC4)c(C(Cc3cc(F)cc(F)c3)=NC(=O)Cn3nc(C(F)(F)F)c4c3C(F)(F)[C@@H]3C[C@H]43)n2)[nH]1. The molecule has 2 aromatic carbocycles. The topological polar surface area (TPSA) is 147 Å². The Morgan fingerprint density at radius 1 is 1.02 bits per heavy atom. The van der Waals surface area contributed by atoms with Crippen molar-refractivity contribution in [1.82, 2.24) is 34.9 Å². The van der Waals surface area contributed by atoms with Gasteiger partial charge in [0, 0.05) is 48.2 Å². The zero-order chi connectivity index (χ0) is 45.5. The van der Waals surface area contributed by atoms with Crippen LogP contribution in [0.25, 0.3) is 11.1 Å². The molecule has 3 atom stereocenters. The molecule has 1 unspecified atom stereocenters. The van der Waals surface area contributed by atoms with Crippen molar-refractivity contribution in [2.24, 2.45) is 10.9 Å². The highest BCUT2D eigenvalue weighted by Gasteiger charge is 2.68. The normalized spacial score (nSPS) is 19.7. The van der Waals surface area contributed by atoms with Crippen LogP contribution in [0.15, 0.2) is 59.7 Å². The molecule has 2 aliphatic heterocycles. The molecule has 2 aliphatic carbocycles. The lowest BCUT2D eigenvalue weighted by atomic mass is 9.95. The number of aliphatic imine (C=N–C) groups is 1. The number of ether oxygens (including phenoxy) is 1. The Bertz CT molecular complexity index is 2850. The van der Waals surface area contributed by atoms with Gasteiger partial charge in [-0.3, -0.25) is 19.2 Å². The third-order valence-electron chi connectivity index (χ3n) is 11.4. The second-order valence-electron chi connectivity index (χ2n) is 17.2. The summed E-state index contributed by atoms with van der Waals surface area (Å²) in [4.78, 5) is 57.7. The molecule has 3 aromatic heterocycles. The lowest BCUT2D eigenvalue weighted by Crippen LogP contribution is -2.36. The number of carbonyl (C=O) groups is 3. The van der Waals surface area contributed by atoms with Crippen LogP contribution in [-0.2, 0) is 41.1 Å². The zero-order valence-electron chi connectivity index (χ0n) is 34.3. The number of hydrogen-bond acceptors (Lipinski definition) is 7. The Balaban J connectivity index is 1.12. The number of rotatable bonds is 7. The molecule has 1 saturated heterocycles. The van der Waals surface area contributed by atoms with Crippen LogP contribution in [0, 0.1) is 29.4 Å². The van der Waals surface area contributed by atoms with Crippen LogP contribution in [0.4, 0.5) is 35.5 Å². The molecule has 5 heterocycles. The zero-order valence-corrected chi connectivity index (χ0v) is 34.3. The van der Waals surface area contributed by atoms with E-state index in [9.17, 15) is 36.3 Å². The number of pyridine rings is 1. The lowest BCUT2D eigenvalue weighted by molar-refractivity contribution is -0.142. The van der Waals surface area contributed by atoms with Crippen molar-refractivity contribution in [3.05, 3.63) is 123 Å². The maximum atomic E-state index is 15.4. The number of halogens is 7. The average Bonchev–Trinajstić information content (AvgIpc) is 3.65. The first-order chi connectivity index (χ1) is 30.2. The third kappa shape index (κ3) is 8.12. The van der Waals surface area contributed by atoms with Crippen molar-refractivity contribution in [3.8, 4) is 23.0 Å². The van der Waals surface area contributed by atoms with Gasteiger partial charge in [0.05, 0.1) is 23.6 Å². The van der Waals surface area contributed by atoms with Gasteiger partial charge in [0.15, 0.2) is 5.69 Å². The van der Waals surface area contributed by atoms with Crippen LogP contribution in [0.5, 0.6) is 0 Å². The Morgan fingerprint density at radius 2 is 1.78 bits per heavy atom. The van der Waals surface area contributed by atoms with Gasteiger partial charge in [0.2, 0.25) is 0 Å². The Kier molecular flexibility index (Phi) is 10.3. The number of nitrogens with zero attached hydrogens (tertiary/aromatic N) is 6. The van der Waals surface area contributed by atoms with Crippen molar-refractivity contribution in [1.29, 1.82) is 0 Å². The molecule has 4 aliphatic rings. The van der Waals surface area contributed by atoms with Crippen molar-refractivity contribution in [3.63, 3.8) is 0 Å². The summed E-state index contributed by atoms with van der Waals surface area (Å²) in [6.45, 7) is 4.94. The van der Waals surface area contributed by atoms with E-state index in [1.165, 1.54) is 12.3 Å². The molecule has 0 radical (unpaired) electrons. The molecule has 9 rings (SSSR count). The highest BCUT2D eigenvalue weighted by atomic mass is 19.4. The number of carbonyl (C=O) groups excluding carboxylic acids is 3. The summed E-state index contributed by atoms with van der Waals surface area (Å²) in [7, 11) is 0. The van der Waals surface area contributed by atoms with Crippen LogP contribution >= 0.6 is 0 Å². The van der Waals surface area contributed by atoms with E-state index < -0.39 is 89.1 Å². The fraction of sp³-hybridized carbons (Fsp3) is 0.356. The van der Waals surface area contributed by atoms with E-state index in [2.05, 4.69) is 37.2 Å². The highest BCUT2D eigenvalue weighted by Crippen LogP contribution is 2.68. The summed E-state index contributed by atoms with van der Waals surface area (Å²) in [5, 5.41) is 6.18. The summed E-state index contributed by atoms with van der Waals surface area (Å²) in [6, 6.07) is 10.3. The summed E-state index contributed by atoms with van der Waals surface area (Å²) in [5.74, 6) is -3.23. The summed E-state index contributed by atoms with van der Waals surface area (Å²) in [6.07, 6.45) is -3.36. The second kappa shape index (κ2) is 15.5. The maximum absolute atomic E-state index is 15.4. The smallest absolute Gasteiger partial charge is 0.435 e. The minimum Gasteiger partial charge on any atom is -0.444 e. The average molecular weight is 887 g/mol. The number of H-pyrrole nitrogens is 1. The number of benzene rings is 2. The molecule has 5 aromatic rings.